The summed E-state index contributed by atoms with van der Waals surface area (Å²) in [6, 6.07) is 1.94. The van der Waals surface area contributed by atoms with Crippen LogP contribution in [0.4, 0.5) is 0 Å². The second kappa shape index (κ2) is 7.85. The van der Waals surface area contributed by atoms with Crippen LogP contribution in [-0.4, -0.2) is 38.2 Å². The van der Waals surface area contributed by atoms with Crippen LogP contribution in [0.3, 0.4) is 0 Å². The molecule has 0 spiro atoms. The van der Waals surface area contributed by atoms with Crippen molar-refractivity contribution in [3.05, 3.63) is 22.1 Å². The third-order valence-electron chi connectivity index (χ3n) is 6.28. The van der Waals surface area contributed by atoms with Crippen molar-refractivity contribution in [2.24, 2.45) is 17.9 Å². The molecule has 1 aromatic rings. The average Bonchev–Trinajstić information content (AvgIpc) is 2.86. The number of carbonyl (C=O) groups is 1. The zero-order valence-corrected chi connectivity index (χ0v) is 19.1. The highest BCUT2D eigenvalue weighted by Crippen LogP contribution is 2.52. The highest BCUT2D eigenvalue weighted by atomic mass is 32.2. The van der Waals surface area contributed by atoms with Gasteiger partial charge in [0, 0.05) is 31.4 Å². The van der Waals surface area contributed by atoms with Crippen LogP contribution < -0.4 is 5.56 Å². The summed E-state index contributed by atoms with van der Waals surface area (Å²) in [6.07, 6.45) is 5.84. The van der Waals surface area contributed by atoms with Gasteiger partial charge in [-0.2, -0.15) is 0 Å². The van der Waals surface area contributed by atoms with E-state index in [1.807, 2.05) is 6.92 Å². The molecule has 1 aliphatic heterocycles. The third kappa shape index (κ3) is 4.32. The Morgan fingerprint density at radius 1 is 1.32 bits per heavy atom. The molecule has 3 unspecified atom stereocenters. The van der Waals surface area contributed by atoms with E-state index in [2.05, 4.69) is 37.6 Å². The van der Waals surface area contributed by atoms with E-state index in [0.29, 0.717) is 16.6 Å². The van der Waals surface area contributed by atoms with Crippen LogP contribution in [0, 0.1) is 10.8 Å². The van der Waals surface area contributed by atoms with E-state index < -0.39 is 0 Å². The number of aromatic nitrogens is 2. The summed E-state index contributed by atoms with van der Waals surface area (Å²) in [5.74, 6) is 0.231. The Kier molecular flexibility index (Phi) is 6.00. The molecule has 1 saturated heterocycles. The molecule has 2 bridgehead atoms. The summed E-state index contributed by atoms with van der Waals surface area (Å²) >= 11 is 1.47. The Morgan fingerprint density at radius 3 is 2.68 bits per heavy atom. The van der Waals surface area contributed by atoms with Gasteiger partial charge >= 0.3 is 0 Å². The summed E-state index contributed by atoms with van der Waals surface area (Å²) in [5, 5.41) is 0.478. The summed E-state index contributed by atoms with van der Waals surface area (Å²) in [7, 11) is 1.75. The average molecular weight is 406 g/mol. The smallest absolute Gasteiger partial charge is 0.254 e. The van der Waals surface area contributed by atoms with Gasteiger partial charge in [0.25, 0.3) is 5.56 Å². The summed E-state index contributed by atoms with van der Waals surface area (Å²) in [4.78, 5) is 32.6. The number of carbonyl (C=O) groups excluding carboxylic acids is 1. The molecule has 28 heavy (non-hydrogen) atoms. The molecule has 0 aromatic carbocycles. The summed E-state index contributed by atoms with van der Waals surface area (Å²) < 4.78 is 1.58. The van der Waals surface area contributed by atoms with Gasteiger partial charge in [-0.05, 0) is 42.9 Å². The Labute approximate surface area is 173 Å². The molecular formula is C22H35N3O2S. The van der Waals surface area contributed by atoms with Crippen molar-refractivity contribution < 1.29 is 4.79 Å². The monoisotopic (exact) mass is 405 g/mol. The second-order valence-electron chi connectivity index (χ2n) is 9.86. The van der Waals surface area contributed by atoms with E-state index in [1.54, 1.807) is 17.7 Å². The van der Waals surface area contributed by atoms with Crippen molar-refractivity contribution in [3.63, 3.8) is 0 Å². The van der Waals surface area contributed by atoms with E-state index >= 15 is 0 Å². The Balaban J connectivity index is 1.84. The maximum atomic E-state index is 13.6. The number of fused-ring (bicyclic) bond motifs is 2. The lowest BCUT2D eigenvalue weighted by molar-refractivity contribution is -0.131. The molecule has 2 fully saturated rings. The number of likely N-dealkylation sites (tertiary alicyclic amines) is 1. The normalized spacial score (nSPS) is 27.1. The van der Waals surface area contributed by atoms with Gasteiger partial charge in [0.05, 0.1) is 5.25 Å². The minimum atomic E-state index is -0.179. The van der Waals surface area contributed by atoms with Crippen molar-refractivity contribution in [2.45, 2.75) is 89.6 Å². The molecule has 1 aromatic heterocycles. The lowest BCUT2D eigenvalue weighted by Crippen LogP contribution is -2.42. The quantitative estimate of drug-likeness (QED) is 0.530. The third-order valence-corrected chi connectivity index (χ3v) is 7.58. The molecular weight excluding hydrogens is 370 g/mol. The Bertz CT molecular complexity index is 803. The van der Waals surface area contributed by atoms with Crippen LogP contribution in [0.1, 0.15) is 72.4 Å². The van der Waals surface area contributed by atoms with Crippen LogP contribution in [0.15, 0.2) is 16.0 Å². The minimum absolute atomic E-state index is 0.0525. The maximum absolute atomic E-state index is 13.6. The van der Waals surface area contributed by atoms with Crippen LogP contribution in [-0.2, 0) is 18.3 Å². The first-order valence-corrected chi connectivity index (χ1v) is 11.5. The molecule has 1 aliphatic carbocycles. The first-order valence-electron chi connectivity index (χ1n) is 10.6. The molecule has 5 nitrogen and oxygen atoms in total. The number of amides is 1. The van der Waals surface area contributed by atoms with Crippen LogP contribution >= 0.6 is 11.8 Å². The predicted molar refractivity (Wildman–Crippen MR) is 115 cm³/mol. The standard InChI is InChI=1S/C22H35N3O2S/c1-7-9-17(28-20-23-15(8-2)10-18(26)24(20)6)19(27)25-14-22(5)12-16(25)11-21(3,4)13-22/h10,16-17H,7-9,11-14H2,1-6H3. The molecule has 6 heteroatoms. The Morgan fingerprint density at radius 2 is 2.04 bits per heavy atom. The number of hydrogen-bond donors (Lipinski definition) is 0. The van der Waals surface area contributed by atoms with Crippen LogP contribution in [0.5, 0.6) is 0 Å². The molecule has 1 amide bonds. The minimum Gasteiger partial charge on any atom is -0.338 e. The number of thioether (sulfide) groups is 1. The number of nitrogens with zero attached hydrogens (tertiary/aromatic N) is 3. The number of rotatable bonds is 6. The van der Waals surface area contributed by atoms with E-state index in [0.717, 1.165) is 44.3 Å². The van der Waals surface area contributed by atoms with Crippen molar-refractivity contribution in [1.82, 2.24) is 14.5 Å². The molecule has 2 aliphatic rings. The van der Waals surface area contributed by atoms with Gasteiger partial charge < -0.3 is 4.90 Å². The molecule has 0 radical (unpaired) electrons. The SMILES string of the molecule is CCCC(Sc1nc(CC)cc(=O)n1C)C(=O)N1CC2(C)CC1CC(C)(C)C2. The topological polar surface area (TPSA) is 55.2 Å². The highest BCUT2D eigenvalue weighted by molar-refractivity contribution is 8.00. The summed E-state index contributed by atoms with van der Waals surface area (Å²) in [6.45, 7) is 12.0. The van der Waals surface area contributed by atoms with Gasteiger partial charge in [0.15, 0.2) is 5.16 Å². The van der Waals surface area contributed by atoms with Crippen molar-refractivity contribution in [1.29, 1.82) is 0 Å². The molecule has 156 valence electrons. The van der Waals surface area contributed by atoms with Crippen molar-refractivity contribution >= 4 is 17.7 Å². The number of aryl methyl sites for hydroxylation is 1. The predicted octanol–water partition coefficient (Wildman–Crippen LogP) is 4.03. The van der Waals surface area contributed by atoms with E-state index in [9.17, 15) is 9.59 Å². The lowest BCUT2D eigenvalue weighted by atomic mass is 9.65. The van der Waals surface area contributed by atoms with Gasteiger partial charge in [-0.25, -0.2) is 4.98 Å². The van der Waals surface area contributed by atoms with Crippen molar-refractivity contribution in [2.75, 3.05) is 6.54 Å². The van der Waals surface area contributed by atoms with Gasteiger partial charge in [-0.15, -0.1) is 0 Å². The molecule has 3 rings (SSSR count). The fourth-order valence-electron chi connectivity index (χ4n) is 5.38. The van der Waals surface area contributed by atoms with E-state index in [4.69, 9.17) is 0 Å². The fraction of sp³-hybridized carbons (Fsp3) is 0.773. The largest absolute Gasteiger partial charge is 0.338 e. The zero-order chi connectivity index (χ0) is 20.7. The Hall–Kier alpha value is -1.30. The molecule has 0 N–H and O–H groups in total. The highest BCUT2D eigenvalue weighted by Gasteiger charge is 2.51. The van der Waals surface area contributed by atoms with Crippen molar-refractivity contribution in [3.8, 4) is 0 Å². The van der Waals surface area contributed by atoms with Gasteiger partial charge in [0.1, 0.15) is 0 Å². The zero-order valence-electron chi connectivity index (χ0n) is 18.2. The van der Waals surface area contributed by atoms with Crippen LogP contribution in [0.25, 0.3) is 0 Å². The first kappa shape index (κ1) is 21.4. The first-order chi connectivity index (χ1) is 13.1. The molecule has 1 saturated carbocycles. The molecule has 3 atom stereocenters. The lowest BCUT2D eigenvalue weighted by Gasteiger charge is -2.39. The van der Waals surface area contributed by atoms with Gasteiger partial charge in [-0.3, -0.25) is 14.2 Å². The molecule has 2 heterocycles. The van der Waals surface area contributed by atoms with Gasteiger partial charge in [0.2, 0.25) is 5.91 Å². The maximum Gasteiger partial charge on any atom is 0.254 e. The number of hydrogen-bond acceptors (Lipinski definition) is 4. The van der Waals surface area contributed by atoms with Crippen LogP contribution in [0.2, 0.25) is 0 Å². The van der Waals surface area contributed by atoms with E-state index in [1.165, 1.54) is 18.2 Å². The van der Waals surface area contributed by atoms with Gasteiger partial charge in [-0.1, -0.05) is 52.8 Å². The second-order valence-corrected chi connectivity index (χ2v) is 11.0. The fourth-order valence-corrected chi connectivity index (χ4v) is 6.64. The van der Waals surface area contributed by atoms with E-state index in [-0.39, 0.29) is 22.1 Å². The summed E-state index contributed by atoms with van der Waals surface area (Å²) in [5.41, 5.74) is 1.26.